The second-order valence-electron chi connectivity index (χ2n) is 23.9. The van der Waals surface area contributed by atoms with Gasteiger partial charge >= 0.3 is 0 Å². The molecular formula is C74H64BN3OS. The molecule has 2 aromatic heterocycles. The number of nitrogens with zero attached hydrogens (tertiary/aromatic N) is 3. The molecule has 0 spiro atoms. The molecule has 2 aliphatic rings. The van der Waals surface area contributed by atoms with Crippen LogP contribution in [0.3, 0.4) is 0 Å². The smallest absolute Gasteiger partial charge is 0.264 e. The molecule has 14 rings (SSSR count). The van der Waals surface area contributed by atoms with Crippen molar-refractivity contribution in [3.8, 4) is 22.3 Å². The summed E-state index contributed by atoms with van der Waals surface area (Å²) in [5, 5.41) is 2.68. The fourth-order valence-electron chi connectivity index (χ4n) is 11.9. The molecule has 12 aromatic rings. The molecule has 4 heterocycles. The maximum Gasteiger partial charge on any atom is 0.264 e. The molecule has 390 valence electrons. The SMILES string of the molecule is [2H]c1c([2H])c([2H])c(-c2ccc3sc4c(c3c2)N(c2ccc(C(C)(C)C)cc2)c2cccc3c2B4c2ccc(N(c4ccc(C(C)(C)C)cc4)c4c([2H])c([2H])c([2H])c([2H])c4-c4c([2H])c([2H])c([2H])c([2H])c4[2H])cc2N3c2ccc(C(C)(C)C)c3c2oc2ccccc23)c([2H])c1[2H]. The van der Waals surface area contributed by atoms with Crippen LogP contribution in [0, 0.1) is 0 Å². The van der Waals surface area contributed by atoms with Gasteiger partial charge in [0.15, 0.2) is 5.58 Å². The molecule has 2 aliphatic heterocycles. The van der Waals surface area contributed by atoms with Gasteiger partial charge in [0.2, 0.25) is 0 Å². The summed E-state index contributed by atoms with van der Waals surface area (Å²) in [4.78, 5) is 6.21. The Balaban J connectivity index is 1.12. The Bertz CT molecular complexity index is 5180. The Kier molecular flexibility index (Phi) is 8.46. The van der Waals surface area contributed by atoms with E-state index in [9.17, 15) is 6.85 Å². The molecule has 0 fully saturated rings. The molecule has 0 bridgehead atoms. The first kappa shape index (κ1) is 36.6. The molecule has 4 nitrogen and oxygen atoms in total. The lowest BCUT2D eigenvalue weighted by Crippen LogP contribution is -2.60. The highest BCUT2D eigenvalue weighted by atomic mass is 32.1. The summed E-state index contributed by atoms with van der Waals surface area (Å²) in [5.41, 5.74) is 10.9. The fraction of sp³-hybridized carbons (Fsp3) is 0.162. The van der Waals surface area contributed by atoms with Gasteiger partial charge in [-0.1, -0.05) is 208 Å². The van der Waals surface area contributed by atoms with Gasteiger partial charge in [0.1, 0.15) is 5.58 Å². The van der Waals surface area contributed by atoms with Crippen LogP contribution < -0.4 is 30.4 Å². The van der Waals surface area contributed by atoms with Crippen molar-refractivity contribution >= 4 is 117 Å². The van der Waals surface area contributed by atoms with Crippen LogP contribution >= 0.6 is 11.3 Å². The highest BCUT2D eigenvalue weighted by Crippen LogP contribution is 2.52. The first-order valence-electron chi connectivity index (χ1n) is 34.0. The quantitative estimate of drug-likeness (QED) is 0.148. The van der Waals surface area contributed by atoms with E-state index in [1.165, 1.54) is 0 Å². The minimum absolute atomic E-state index is 0.0867. The maximum absolute atomic E-state index is 9.98. The summed E-state index contributed by atoms with van der Waals surface area (Å²) in [5.74, 6) is 0. The number of benzene rings is 10. The summed E-state index contributed by atoms with van der Waals surface area (Å²) in [6.07, 6.45) is 0. The van der Waals surface area contributed by atoms with Crippen LogP contribution in [0.25, 0.3) is 54.3 Å². The molecule has 80 heavy (non-hydrogen) atoms. The summed E-state index contributed by atoms with van der Waals surface area (Å²) in [6, 6.07) is 39.0. The Morgan fingerprint density at radius 1 is 0.500 bits per heavy atom. The highest BCUT2D eigenvalue weighted by molar-refractivity contribution is 7.33. The predicted octanol–water partition coefficient (Wildman–Crippen LogP) is 19.6. The van der Waals surface area contributed by atoms with E-state index < -0.39 is 79.2 Å². The van der Waals surface area contributed by atoms with E-state index in [1.807, 2.05) is 84.9 Å². The first-order valence-corrected chi connectivity index (χ1v) is 27.9. The zero-order valence-corrected chi connectivity index (χ0v) is 46.8. The van der Waals surface area contributed by atoms with Crippen LogP contribution in [0.15, 0.2) is 229 Å². The van der Waals surface area contributed by atoms with Crippen LogP contribution in [0.2, 0.25) is 0 Å². The second-order valence-corrected chi connectivity index (χ2v) is 25.0. The van der Waals surface area contributed by atoms with Crippen molar-refractivity contribution in [1.82, 2.24) is 0 Å². The van der Waals surface area contributed by atoms with Crippen molar-refractivity contribution in [3.05, 3.63) is 241 Å². The molecule has 0 aliphatic carbocycles. The molecule has 0 unspecified atom stereocenters. The maximum atomic E-state index is 9.98. The van der Waals surface area contributed by atoms with Gasteiger partial charge in [-0.25, -0.2) is 0 Å². The number of rotatable bonds is 7. The van der Waals surface area contributed by atoms with Crippen LogP contribution in [-0.2, 0) is 16.2 Å². The number of fused-ring (bicyclic) bond motifs is 9. The third-order valence-corrected chi connectivity index (χ3v) is 17.0. The van der Waals surface area contributed by atoms with E-state index in [2.05, 4.69) is 127 Å². The van der Waals surface area contributed by atoms with Gasteiger partial charge in [-0.2, -0.15) is 0 Å². The van der Waals surface area contributed by atoms with Gasteiger partial charge < -0.3 is 19.1 Å². The molecule has 0 radical (unpaired) electrons. The molecule has 6 heteroatoms. The second kappa shape index (κ2) is 18.5. The van der Waals surface area contributed by atoms with Crippen molar-refractivity contribution in [3.63, 3.8) is 0 Å². The summed E-state index contributed by atoms with van der Waals surface area (Å²) < 4.78 is 136. The molecule has 10 aromatic carbocycles. The van der Waals surface area contributed by atoms with E-state index >= 15 is 0 Å². The van der Waals surface area contributed by atoms with E-state index in [0.29, 0.717) is 39.5 Å². The van der Waals surface area contributed by atoms with Crippen LogP contribution in [0.1, 0.15) is 98.2 Å². The average Bonchev–Trinajstić information content (AvgIpc) is 1.25. The molecule has 0 N–H and O–H groups in total. The molecule has 0 saturated carbocycles. The third kappa shape index (κ3) is 8.09. The first-order chi connectivity index (χ1) is 44.4. The zero-order chi connectivity index (χ0) is 67.0. The van der Waals surface area contributed by atoms with Crippen LogP contribution in [0.4, 0.5) is 51.2 Å². The van der Waals surface area contributed by atoms with E-state index in [4.69, 9.17) is 16.8 Å². The molecular weight excluding hydrogens is 990 g/mol. The lowest BCUT2D eigenvalue weighted by molar-refractivity contribution is 0.590. The predicted molar refractivity (Wildman–Crippen MR) is 345 cm³/mol. The highest BCUT2D eigenvalue weighted by Gasteiger charge is 2.46. The number of hydrogen-bond donors (Lipinski definition) is 0. The van der Waals surface area contributed by atoms with Crippen LogP contribution in [-0.4, -0.2) is 6.71 Å². The van der Waals surface area contributed by atoms with Crippen molar-refractivity contribution in [2.45, 2.75) is 78.6 Å². The minimum Gasteiger partial charge on any atom is -0.454 e. The monoisotopic (exact) mass is 1070 g/mol. The Morgan fingerprint density at radius 3 is 1.84 bits per heavy atom. The van der Waals surface area contributed by atoms with Crippen molar-refractivity contribution in [2.75, 3.05) is 14.7 Å². The Morgan fingerprint density at radius 2 is 1.14 bits per heavy atom. The van der Waals surface area contributed by atoms with E-state index in [1.54, 1.807) is 16.2 Å². The van der Waals surface area contributed by atoms with Gasteiger partial charge in [0, 0.05) is 65.3 Å². The van der Waals surface area contributed by atoms with Crippen molar-refractivity contribution in [2.24, 2.45) is 0 Å². The van der Waals surface area contributed by atoms with Gasteiger partial charge in [0.05, 0.1) is 36.3 Å². The number of furan rings is 1. The number of anilines is 9. The molecule has 0 atom stereocenters. The van der Waals surface area contributed by atoms with Crippen LogP contribution in [0.5, 0.6) is 0 Å². The van der Waals surface area contributed by atoms with Gasteiger partial charge in [0.25, 0.3) is 6.71 Å². The lowest BCUT2D eigenvalue weighted by atomic mass is 9.36. The summed E-state index contributed by atoms with van der Waals surface area (Å²) in [6.45, 7) is 18.8. The van der Waals surface area contributed by atoms with Crippen molar-refractivity contribution < 1.29 is 23.6 Å². The van der Waals surface area contributed by atoms with Gasteiger partial charge in [-0.05, 0) is 139 Å². The number of para-hydroxylation sites is 2. The van der Waals surface area contributed by atoms with Gasteiger partial charge in [-0.15, -0.1) is 11.3 Å². The molecule has 0 saturated heterocycles. The standard InChI is InChI=1S/C74H64BN3OS/c1-72(2,3)50-32-36-52(37-33-50)76(60-27-18-16-25-55(60)48-23-14-11-15-24-48)54-40-42-59-64(46-54)78(63-43-41-58(74(7,8)9)67-56-26-17-19-30-65(56)79-70(63)67)62-29-20-28-61-68(62)75(59)71-69(77(61)53-38-34-51(35-39-53)73(4,5)6)57-45-49(31-44-66(57)80-71)47-21-12-10-13-22-47/h10-46H,1-9H3/i10D,11D,12D,13D,14D,15D,16D,18D,21D,22D,23D,24D,25D,27D. The lowest BCUT2D eigenvalue weighted by Gasteiger charge is -2.43. The minimum atomic E-state index is -0.661. The number of thiophene rings is 1. The summed E-state index contributed by atoms with van der Waals surface area (Å²) >= 11 is 1.61. The van der Waals surface area contributed by atoms with Gasteiger partial charge in [-0.3, -0.25) is 0 Å². The third-order valence-electron chi connectivity index (χ3n) is 15.8. The topological polar surface area (TPSA) is 22.9 Å². The zero-order valence-electron chi connectivity index (χ0n) is 60.0. The fourth-order valence-corrected chi connectivity index (χ4v) is 13.2. The number of hydrogen-bond acceptors (Lipinski definition) is 5. The molecule has 0 amide bonds. The Hall–Kier alpha value is -8.58. The van der Waals surface area contributed by atoms with E-state index in [0.717, 1.165) is 76.0 Å². The average molecular weight is 1070 g/mol. The normalized spacial score (nSPS) is 15.7. The van der Waals surface area contributed by atoms with Crippen molar-refractivity contribution in [1.29, 1.82) is 0 Å². The Labute approximate surface area is 495 Å². The van der Waals surface area contributed by atoms with E-state index in [-0.39, 0.29) is 50.7 Å². The summed E-state index contributed by atoms with van der Waals surface area (Å²) in [7, 11) is 0. The largest absolute Gasteiger partial charge is 0.454 e.